The van der Waals surface area contributed by atoms with Gasteiger partial charge in [0.05, 0.1) is 0 Å². The fraction of sp³-hybridized carbons (Fsp3) is 0.750. The Hall–Kier alpha value is -0.660. The van der Waals surface area contributed by atoms with Gasteiger partial charge < -0.3 is 10.2 Å². The van der Waals surface area contributed by atoms with E-state index in [2.05, 4.69) is 37.2 Å². The molecule has 1 aliphatic heterocycles. The summed E-state index contributed by atoms with van der Waals surface area (Å²) in [4.78, 5) is 2.34. The highest BCUT2D eigenvalue weighted by Gasteiger charge is 2.18. The van der Waals surface area contributed by atoms with Crippen molar-refractivity contribution in [3.63, 3.8) is 0 Å². The van der Waals surface area contributed by atoms with Crippen molar-refractivity contribution in [2.45, 2.75) is 26.3 Å². The maximum absolute atomic E-state index is 3.16. The minimum atomic E-state index is 0.276. The van der Waals surface area contributed by atoms with Gasteiger partial charge in [-0.1, -0.05) is 0 Å². The van der Waals surface area contributed by atoms with Crippen molar-refractivity contribution in [3.05, 3.63) is 12.4 Å². The number of hydrogen-bond acceptors (Lipinski definition) is 2. The smallest absolute Gasteiger partial charge is 0.0351 e. The van der Waals surface area contributed by atoms with Crippen molar-refractivity contribution < 1.29 is 0 Å². The van der Waals surface area contributed by atoms with E-state index < -0.39 is 0 Å². The summed E-state index contributed by atoms with van der Waals surface area (Å²) in [6, 6.07) is 0. The predicted octanol–water partition coefficient (Wildman–Crippen LogP) is 1.16. The summed E-state index contributed by atoms with van der Waals surface area (Å²) in [6.45, 7) is 8.85. The molecular weight excluding hydrogens is 124 g/mol. The summed E-state index contributed by atoms with van der Waals surface area (Å²) in [6.07, 6.45) is 4.12. The zero-order chi connectivity index (χ0) is 7.61. The van der Waals surface area contributed by atoms with Crippen LogP contribution in [-0.4, -0.2) is 23.5 Å². The molecular formula is C8H16N2. The molecule has 0 amide bonds. The molecule has 0 bridgehead atoms. The molecule has 58 valence electrons. The number of nitrogens with one attached hydrogen (secondary N) is 1. The van der Waals surface area contributed by atoms with E-state index in [1.165, 1.54) is 0 Å². The number of nitrogens with zero attached hydrogens (tertiary/aromatic N) is 1. The van der Waals surface area contributed by atoms with E-state index in [4.69, 9.17) is 0 Å². The van der Waals surface area contributed by atoms with Crippen LogP contribution in [0.2, 0.25) is 0 Å². The van der Waals surface area contributed by atoms with E-state index in [1.807, 2.05) is 6.20 Å². The highest BCUT2D eigenvalue weighted by Crippen LogP contribution is 2.13. The van der Waals surface area contributed by atoms with E-state index in [0.29, 0.717) is 0 Å². The van der Waals surface area contributed by atoms with Crippen LogP contribution < -0.4 is 5.32 Å². The summed E-state index contributed by atoms with van der Waals surface area (Å²) >= 11 is 0. The van der Waals surface area contributed by atoms with Gasteiger partial charge in [-0.25, -0.2) is 0 Å². The summed E-state index contributed by atoms with van der Waals surface area (Å²) in [7, 11) is 0. The molecule has 0 radical (unpaired) electrons. The third-order valence-corrected chi connectivity index (χ3v) is 1.73. The monoisotopic (exact) mass is 140 g/mol. The lowest BCUT2D eigenvalue weighted by molar-refractivity contribution is 0.199. The first-order valence-corrected chi connectivity index (χ1v) is 3.77. The molecule has 0 aliphatic carbocycles. The van der Waals surface area contributed by atoms with Gasteiger partial charge in [-0.05, 0) is 20.8 Å². The molecule has 0 fully saturated rings. The molecule has 0 atom stereocenters. The second-order valence-corrected chi connectivity index (χ2v) is 3.63. The van der Waals surface area contributed by atoms with Gasteiger partial charge in [-0.2, -0.15) is 0 Å². The zero-order valence-corrected chi connectivity index (χ0v) is 7.02. The fourth-order valence-electron chi connectivity index (χ4n) is 1.04. The van der Waals surface area contributed by atoms with Gasteiger partial charge in [-0.15, -0.1) is 0 Å². The Morgan fingerprint density at radius 1 is 1.40 bits per heavy atom. The van der Waals surface area contributed by atoms with Crippen LogP contribution in [0.4, 0.5) is 0 Å². The molecule has 1 heterocycles. The molecule has 0 spiro atoms. The Bertz CT molecular complexity index is 133. The van der Waals surface area contributed by atoms with Crippen LogP contribution in [0.1, 0.15) is 20.8 Å². The molecule has 0 saturated heterocycles. The Balaban J connectivity index is 2.55. The Kier molecular flexibility index (Phi) is 1.88. The lowest BCUT2D eigenvalue weighted by Crippen LogP contribution is -2.43. The minimum absolute atomic E-state index is 0.276. The van der Waals surface area contributed by atoms with Crippen LogP contribution in [0.3, 0.4) is 0 Å². The van der Waals surface area contributed by atoms with Gasteiger partial charge in [0.1, 0.15) is 0 Å². The fourth-order valence-corrected chi connectivity index (χ4v) is 1.04. The maximum atomic E-state index is 3.16. The van der Waals surface area contributed by atoms with E-state index in [1.54, 1.807) is 0 Å². The highest BCUT2D eigenvalue weighted by atomic mass is 15.2. The molecule has 0 aromatic rings. The average Bonchev–Trinajstić information content (AvgIpc) is 1.88. The maximum Gasteiger partial charge on any atom is 0.0351 e. The summed E-state index contributed by atoms with van der Waals surface area (Å²) in [5, 5.41) is 3.16. The molecule has 0 aromatic carbocycles. The molecule has 0 aromatic heterocycles. The third-order valence-electron chi connectivity index (χ3n) is 1.73. The van der Waals surface area contributed by atoms with Gasteiger partial charge in [0.25, 0.3) is 0 Å². The minimum Gasteiger partial charge on any atom is -0.388 e. The van der Waals surface area contributed by atoms with Crippen LogP contribution in [-0.2, 0) is 0 Å². The Labute approximate surface area is 62.9 Å². The number of hydrogen-bond donors (Lipinski definition) is 1. The van der Waals surface area contributed by atoms with Gasteiger partial charge in [-0.3, -0.25) is 0 Å². The van der Waals surface area contributed by atoms with Gasteiger partial charge in [0, 0.05) is 31.0 Å². The second kappa shape index (κ2) is 2.52. The van der Waals surface area contributed by atoms with Gasteiger partial charge in [0.15, 0.2) is 0 Å². The molecule has 1 N–H and O–H groups in total. The van der Waals surface area contributed by atoms with Gasteiger partial charge >= 0.3 is 0 Å². The van der Waals surface area contributed by atoms with E-state index in [-0.39, 0.29) is 5.54 Å². The molecule has 1 rings (SSSR count). The first-order chi connectivity index (χ1) is 4.61. The Morgan fingerprint density at radius 3 is 2.40 bits per heavy atom. The van der Waals surface area contributed by atoms with Crippen LogP contribution in [0.5, 0.6) is 0 Å². The summed E-state index contributed by atoms with van der Waals surface area (Å²) < 4.78 is 0. The largest absolute Gasteiger partial charge is 0.388 e. The van der Waals surface area contributed by atoms with Crippen LogP contribution in [0, 0.1) is 0 Å². The second-order valence-electron chi connectivity index (χ2n) is 3.63. The molecule has 2 heteroatoms. The van der Waals surface area contributed by atoms with Crippen molar-refractivity contribution in [2.75, 3.05) is 13.1 Å². The molecule has 1 aliphatic rings. The van der Waals surface area contributed by atoms with E-state index in [9.17, 15) is 0 Å². The normalized spacial score (nSPS) is 18.9. The first kappa shape index (κ1) is 7.45. The topological polar surface area (TPSA) is 15.3 Å². The van der Waals surface area contributed by atoms with Crippen molar-refractivity contribution in [1.29, 1.82) is 0 Å². The third kappa shape index (κ3) is 1.66. The molecule has 0 saturated carbocycles. The standard InChI is InChI=1S/C8H16N2/c1-8(2,3)10-6-4-9-5-7-10/h4,6,9H,5,7H2,1-3H3. The zero-order valence-electron chi connectivity index (χ0n) is 7.02. The molecule has 0 unspecified atom stereocenters. The highest BCUT2D eigenvalue weighted by molar-refractivity contribution is 4.92. The summed E-state index contributed by atoms with van der Waals surface area (Å²) in [5.41, 5.74) is 0.276. The van der Waals surface area contributed by atoms with Crippen molar-refractivity contribution in [3.8, 4) is 0 Å². The molecule has 2 nitrogen and oxygen atoms in total. The SMILES string of the molecule is CC(C)(C)N1C=CNCC1. The van der Waals surface area contributed by atoms with Crippen molar-refractivity contribution in [1.82, 2.24) is 10.2 Å². The number of rotatable bonds is 0. The van der Waals surface area contributed by atoms with Crippen LogP contribution >= 0.6 is 0 Å². The summed E-state index contributed by atoms with van der Waals surface area (Å²) in [5.74, 6) is 0. The lowest BCUT2D eigenvalue weighted by Gasteiger charge is -2.36. The average molecular weight is 140 g/mol. The first-order valence-electron chi connectivity index (χ1n) is 3.77. The Morgan fingerprint density at radius 2 is 2.10 bits per heavy atom. The van der Waals surface area contributed by atoms with Crippen LogP contribution in [0.15, 0.2) is 12.4 Å². The lowest BCUT2D eigenvalue weighted by atomic mass is 10.1. The predicted molar refractivity (Wildman–Crippen MR) is 43.6 cm³/mol. The van der Waals surface area contributed by atoms with Crippen LogP contribution in [0.25, 0.3) is 0 Å². The van der Waals surface area contributed by atoms with E-state index >= 15 is 0 Å². The van der Waals surface area contributed by atoms with Gasteiger partial charge in [0.2, 0.25) is 0 Å². The van der Waals surface area contributed by atoms with E-state index in [0.717, 1.165) is 13.1 Å². The molecule has 10 heavy (non-hydrogen) atoms. The quantitative estimate of drug-likeness (QED) is 0.543. The van der Waals surface area contributed by atoms with Crippen molar-refractivity contribution in [2.24, 2.45) is 0 Å². The van der Waals surface area contributed by atoms with Crippen molar-refractivity contribution >= 4 is 0 Å².